The molecule has 616 valence electrons. The maximum Gasteiger partial charge on any atom is 0.472 e. The first-order chi connectivity index (χ1) is 52.7. The fourth-order valence-corrected chi connectivity index (χ4v) is 12.3. The number of esters is 4. The van der Waals surface area contributed by atoms with Crippen LogP contribution in [0.15, 0.2) is 158 Å². The first kappa shape index (κ1) is 103. The minimum Gasteiger partial charge on any atom is -0.462 e. The zero-order valence-electron chi connectivity index (χ0n) is 67.5. The minimum atomic E-state index is -5.01. The molecule has 108 heavy (non-hydrogen) atoms. The van der Waals surface area contributed by atoms with Crippen molar-refractivity contribution in [2.45, 2.75) is 341 Å². The topological polar surface area (TPSA) is 237 Å². The average molecular weight is 1550 g/mol. The molecule has 0 heterocycles. The Morgan fingerprint density at radius 2 is 0.500 bits per heavy atom. The van der Waals surface area contributed by atoms with Crippen LogP contribution >= 0.6 is 15.6 Å². The Morgan fingerprint density at radius 1 is 0.269 bits per heavy atom. The van der Waals surface area contributed by atoms with Crippen LogP contribution in [0, 0.1) is 0 Å². The van der Waals surface area contributed by atoms with Gasteiger partial charge in [-0.3, -0.25) is 37.3 Å². The molecule has 0 aliphatic carbocycles. The van der Waals surface area contributed by atoms with E-state index < -0.39 is 97.5 Å². The average Bonchev–Trinajstić information content (AvgIpc) is 0.896. The summed E-state index contributed by atoms with van der Waals surface area (Å²) in [7, 11) is -10.0. The van der Waals surface area contributed by atoms with Crippen LogP contribution < -0.4 is 0 Å². The highest BCUT2D eigenvalue weighted by Crippen LogP contribution is 2.45. The van der Waals surface area contributed by atoms with E-state index in [1.165, 1.54) is 57.8 Å². The Labute approximate surface area is 655 Å². The monoisotopic (exact) mass is 1550 g/mol. The number of hydrogen-bond acceptors (Lipinski definition) is 15. The Balaban J connectivity index is 5.48. The molecular formula is C89H148O17P2. The summed E-state index contributed by atoms with van der Waals surface area (Å²) in [4.78, 5) is 73.1. The normalized spacial score (nSPS) is 14.6. The lowest BCUT2D eigenvalue weighted by Crippen LogP contribution is -2.30. The third-order valence-corrected chi connectivity index (χ3v) is 18.9. The highest BCUT2D eigenvalue weighted by Gasteiger charge is 2.30. The van der Waals surface area contributed by atoms with Gasteiger partial charge in [-0.05, 0) is 161 Å². The molecule has 0 spiro atoms. The molecule has 19 heteroatoms. The number of aliphatic hydroxyl groups is 1. The maximum atomic E-state index is 13.1. The second-order valence-electron chi connectivity index (χ2n) is 27.3. The van der Waals surface area contributed by atoms with Crippen LogP contribution in [0.3, 0.4) is 0 Å². The molecule has 17 nitrogen and oxygen atoms in total. The van der Waals surface area contributed by atoms with Gasteiger partial charge in [-0.15, -0.1) is 0 Å². The molecule has 0 fully saturated rings. The number of phosphoric acid groups is 2. The number of aliphatic hydroxyl groups excluding tert-OH is 1. The molecule has 0 aromatic heterocycles. The number of rotatable bonds is 77. The van der Waals surface area contributed by atoms with Gasteiger partial charge in [0.15, 0.2) is 12.2 Å². The van der Waals surface area contributed by atoms with Crippen LogP contribution in [-0.4, -0.2) is 96.7 Å². The molecule has 0 aromatic rings. The highest BCUT2D eigenvalue weighted by molar-refractivity contribution is 7.47. The van der Waals surface area contributed by atoms with E-state index >= 15 is 0 Å². The second kappa shape index (κ2) is 79.8. The van der Waals surface area contributed by atoms with E-state index in [9.17, 15) is 43.2 Å². The zero-order valence-corrected chi connectivity index (χ0v) is 69.3. The first-order valence-electron chi connectivity index (χ1n) is 41.7. The van der Waals surface area contributed by atoms with Crippen LogP contribution in [0.1, 0.15) is 323 Å². The third kappa shape index (κ3) is 78.8. The lowest BCUT2D eigenvalue weighted by molar-refractivity contribution is -0.161. The van der Waals surface area contributed by atoms with Crippen LogP contribution in [-0.2, 0) is 65.4 Å². The van der Waals surface area contributed by atoms with Crippen LogP contribution in [0.2, 0.25) is 0 Å². The van der Waals surface area contributed by atoms with Crippen molar-refractivity contribution in [2.24, 2.45) is 0 Å². The number of carbonyl (C=O) groups excluding carboxylic acids is 4. The van der Waals surface area contributed by atoms with Gasteiger partial charge in [0.25, 0.3) is 0 Å². The van der Waals surface area contributed by atoms with Gasteiger partial charge in [-0.25, -0.2) is 9.13 Å². The summed E-state index contributed by atoms with van der Waals surface area (Å²) in [5.41, 5.74) is 0. The predicted molar refractivity (Wildman–Crippen MR) is 445 cm³/mol. The first-order valence-corrected chi connectivity index (χ1v) is 44.7. The maximum absolute atomic E-state index is 13.1. The van der Waals surface area contributed by atoms with Crippen molar-refractivity contribution in [3.8, 4) is 0 Å². The standard InChI is InChI=1S/C89H148O17P2/c1-5-9-13-17-21-25-29-33-37-39-41-43-47-50-54-58-62-66-70-74-87(92)100-80-85(106-89(94)76-72-68-64-60-56-52-48-44-42-40-38-34-30-26-22-18-14-10-6-2)82-104-108(97,98)102-78-83(90)77-101-107(95,96)103-81-84(105-88(93)75-71-67-63-59-55-51-46-36-32-28-24-20-16-12-8-4)79-99-86(91)73-69-65-61-57-53-49-45-35-31-27-23-19-15-11-7-3/h9,11,13,15,21-23,25-27,33-38,41-46,50,54,62,66,83-85,90H,5-8,10,12,14,16-20,24,28-32,39-40,47-49,51-53,55-61,63-65,67-82H2,1-4H3,(H,95,96)(H,97,98)/b13-9-,15-11-,25-21-,26-22-,27-23-,37-33-,38-34-,43-41-,44-42-,45-35-,46-36-,54-50-,66-62-. The number of ether oxygens (including phenoxy) is 4. The van der Waals surface area contributed by atoms with Gasteiger partial charge in [0.1, 0.15) is 19.3 Å². The van der Waals surface area contributed by atoms with Gasteiger partial charge >= 0.3 is 39.5 Å². The van der Waals surface area contributed by atoms with Crippen molar-refractivity contribution >= 4 is 39.5 Å². The zero-order chi connectivity index (χ0) is 78.9. The predicted octanol–water partition coefficient (Wildman–Crippen LogP) is 24.8. The summed E-state index contributed by atoms with van der Waals surface area (Å²) >= 11 is 0. The van der Waals surface area contributed by atoms with E-state index in [0.717, 1.165) is 180 Å². The fraction of sp³-hybridized carbons (Fsp3) is 0.663. The molecule has 0 aromatic carbocycles. The summed E-state index contributed by atoms with van der Waals surface area (Å²) in [5.74, 6) is -2.32. The van der Waals surface area contributed by atoms with Crippen molar-refractivity contribution in [1.82, 2.24) is 0 Å². The molecule has 5 atom stereocenters. The quantitative estimate of drug-likeness (QED) is 0.0169. The number of allylic oxidation sites excluding steroid dienone is 26. The number of hydrogen-bond donors (Lipinski definition) is 3. The fourth-order valence-electron chi connectivity index (χ4n) is 10.7. The van der Waals surface area contributed by atoms with E-state index in [1.54, 1.807) is 0 Å². The van der Waals surface area contributed by atoms with E-state index in [1.807, 2.05) is 18.2 Å². The van der Waals surface area contributed by atoms with E-state index in [0.29, 0.717) is 32.1 Å². The minimum absolute atomic E-state index is 0.0281. The third-order valence-electron chi connectivity index (χ3n) is 17.0. The van der Waals surface area contributed by atoms with Crippen molar-refractivity contribution < 1.29 is 80.2 Å². The summed E-state index contributed by atoms with van der Waals surface area (Å²) in [6, 6.07) is 0. The van der Waals surface area contributed by atoms with Crippen LogP contribution in [0.25, 0.3) is 0 Å². The van der Waals surface area contributed by atoms with Crippen LogP contribution in [0.4, 0.5) is 0 Å². The van der Waals surface area contributed by atoms with E-state index in [4.69, 9.17) is 37.0 Å². The molecule has 0 rings (SSSR count). The van der Waals surface area contributed by atoms with Crippen molar-refractivity contribution in [1.29, 1.82) is 0 Å². The Kier molecular flexibility index (Phi) is 75.8. The molecule has 0 radical (unpaired) electrons. The second-order valence-corrected chi connectivity index (χ2v) is 30.2. The molecule has 0 amide bonds. The largest absolute Gasteiger partial charge is 0.472 e. The molecule has 5 unspecified atom stereocenters. The lowest BCUT2D eigenvalue weighted by Gasteiger charge is -2.21. The van der Waals surface area contributed by atoms with Gasteiger partial charge in [0.2, 0.25) is 0 Å². The van der Waals surface area contributed by atoms with Crippen molar-refractivity contribution in [3.05, 3.63) is 158 Å². The Morgan fingerprint density at radius 3 is 0.824 bits per heavy atom. The summed E-state index contributed by atoms with van der Waals surface area (Å²) in [6.45, 7) is 4.50. The summed E-state index contributed by atoms with van der Waals surface area (Å²) < 4.78 is 68.6. The lowest BCUT2D eigenvalue weighted by atomic mass is 10.1. The number of carbonyl (C=O) groups is 4. The van der Waals surface area contributed by atoms with E-state index in [-0.39, 0.29) is 25.7 Å². The summed E-state index contributed by atoms with van der Waals surface area (Å²) in [5, 5.41) is 10.7. The molecule has 0 saturated carbocycles. The molecule has 0 aliphatic rings. The molecule has 0 bridgehead atoms. The SMILES string of the molecule is CC/C=C\C/C=C\C/C=C\C/C=C\C/C=C\C/C=C\CCC(=O)OCC(COP(=O)(O)OCC(O)COP(=O)(O)OCC(COC(=O)CCCCCCC/C=C\C/C=C\C/C=C\CC)OC(=O)CCCCCCC/C=C\CCCCCCCC)OC(=O)CCCCCCCC/C=C\C/C=C\C/C=C\CCCCC. The number of phosphoric ester groups is 2. The van der Waals surface area contributed by atoms with Crippen molar-refractivity contribution in [3.63, 3.8) is 0 Å². The molecule has 3 N–H and O–H groups in total. The van der Waals surface area contributed by atoms with Gasteiger partial charge in [-0.1, -0.05) is 295 Å². The smallest absolute Gasteiger partial charge is 0.462 e. The van der Waals surface area contributed by atoms with Crippen molar-refractivity contribution in [2.75, 3.05) is 39.6 Å². The summed E-state index contributed by atoms with van der Waals surface area (Å²) in [6.07, 6.45) is 93.6. The Bertz CT molecular complexity index is 2660. The van der Waals surface area contributed by atoms with Gasteiger partial charge in [-0.2, -0.15) is 0 Å². The number of unbranched alkanes of at least 4 members (excludes halogenated alkanes) is 25. The molecular weight excluding hydrogens is 1400 g/mol. The molecule has 0 aliphatic heterocycles. The highest BCUT2D eigenvalue weighted by atomic mass is 31.2. The van der Waals surface area contributed by atoms with Gasteiger partial charge < -0.3 is 33.8 Å². The van der Waals surface area contributed by atoms with Crippen LogP contribution in [0.5, 0.6) is 0 Å². The molecule has 0 saturated heterocycles. The Hall–Kier alpha value is -5.32. The van der Waals surface area contributed by atoms with E-state index in [2.05, 4.69) is 167 Å². The van der Waals surface area contributed by atoms with Gasteiger partial charge in [0.05, 0.1) is 26.4 Å². The van der Waals surface area contributed by atoms with Gasteiger partial charge in [0, 0.05) is 25.7 Å².